The van der Waals surface area contributed by atoms with E-state index in [2.05, 4.69) is 25.5 Å². The largest absolute Gasteiger partial charge is 0.313 e. The van der Waals surface area contributed by atoms with Crippen LogP contribution in [0.3, 0.4) is 0 Å². The van der Waals surface area contributed by atoms with Gasteiger partial charge in [-0.05, 0) is 13.1 Å². The van der Waals surface area contributed by atoms with Crippen LogP contribution in [0.15, 0.2) is 18.6 Å². The number of nitrogens with one attached hydrogen (secondary N) is 1. The minimum atomic E-state index is 0.739. The van der Waals surface area contributed by atoms with Crippen LogP contribution in [0.1, 0.15) is 5.01 Å². The Hall–Kier alpha value is -1.40. The van der Waals surface area contributed by atoms with Crippen LogP contribution in [0.25, 0.3) is 10.7 Å². The zero-order valence-electron chi connectivity index (χ0n) is 7.64. The molecule has 6 heteroatoms. The first-order valence-corrected chi connectivity index (χ1v) is 4.95. The summed E-state index contributed by atoms with van der Waals surface area (Å²) in [6, 6.07) is 1.82. The lowest BCUT2D eigenvalue weighted by molar-refractivity contribution is 0.794. The highest BCUT2D eigenvalue weighted by atomic mass is 32.1. The van der Waals surface area contributed by atoms with E-state index in [1.54, 1.807) is 6.20 Å². The normalized spacial score (nSPS) is 10.4. The summed E-state index contributed by atoms with van der Waals surface area (Å²) < 4.78 is 0. The van der Waals surface area contributed by atoms with Gasteiger partial charge in [0.2, 0.25) is 0 Å². The molecule has 0 bridgehead atoms. The van der Waals surface area contributed by atoms with Crippen molar-refractivity contribution in [3.63, 3.8) is 0 Å². The van der Waals surface area contributed by atoms with Crippen LogP contribution in [0.4, 0.5) is 0 Å². The van der Waals surface area contributed by atoms with Crippen molar-refractivity contribution < 1.29 is 0 Å². The Morgan fingerprint density at radius 2 is 2.36 bits per heavy atom. The Bertz CT molecular complexity index is 399. The van der Waals surface area contributed by atoms with E-state index in [1.807, 2.05) is 13.1 Å². The molecule has 0 unspecified atom stereocenters. The van der Waals surface area contributed by atoms with E-state index < -0.39 is 0 Å². The highest BCUT2D eigenvalue weighted by Crippen LogP contribution is 2.20. The molecule has 0 amide bonds. The van der Waals surface area contributed by atoms with Crippen LogP contribution in [-0.2, 0) is 6.54 Å². The lowest BCUT2D eigenvalue weighted by atomic mass is 10.4. The average molecular weight is 207 g/mol. The average Bonchev–Trinajstić information content (AvgIpc) is 2.68. The number of hydrogen-bond donors (Lipinski definition) is 1. The maximum Gasteiger partial charge on any atom is 0.166 e. The van der Waals surface area contributed by atoms with Gasteiger partial charge in [-0.15, -0.1) is 10.2 Å². The molecule has 1 N–H and O–H groups in total. The van der Waals surface area contributed by atoms with Crippen molar-refractivity contribution in [3.05, 3.63) is 23.6 Å². The minimum absolute atomic E-state index is 0.739. The van der Waals surface area contributed by atoms with Crippen LogP contribution in [0.2, 0.25) is 0 Å². The Kier molecular flexibility index (Phi) is 2.76. The number of rotatable bonds is 3. The van der Waals surface area contributed by atoms with E-state index in [9.17, 15) is 0 Å². The molecule has 72 valence electrons. The van der Waals surface area contributed by atoms with Crippen molar-refractivity contribution in [1.29, 1.82) is 0 Å². The van der Waals surface area contributed by atoms with Crippen molar-refractivity contribution in [1.82, 2.24) is 25.5 Å². The van der Waals surface area contributed by atoms with Gasteiger partial charge in [-0.1, -0.05) is 11.3 Å². The number of nitrogens with zero attached hydrogens (tertiary/aromatic N) is 4. The summed E-state index contributed by atoms with van der Waals surface area (Å²) in [5.74, 6) is 0. The number of aromatic nitrogens is 4. The van der Waals surface area contributed by atoms with E-state index in [0.29, 0.717) is 0 Å². The van der Waals surface area contributed by atoms with Crippen LogP contribution in [0.5, 0.6) is 0 Å². The van der Waals surface area contributed by atoms with E-state index in [-0.39, 0.29) is 0 Å². The molecule has 2 aromatic heterocycles. The van der Waals surface area contributed by atoms with Crippen molar-refractivity contribution in [2.75, 3.05) is 7.05 Å². The van der Waals surface area contributed by atoms with Gasteiger partial charge in [0.25, 0.3) is 0 Å². The van der Waals surface area contributed by atoms with E-state index in [4.69, 9.17) is 0 Å². The Balaban J connectivity index is 2.25. The Morgan fingerprint density at radius 3 is 3.07 bits per heavy atom. The van der Waals surface area contributed by atoms with Crippen molar-refractivity contribution >= 4 is 11.3 Å². The van der Waals surface area contributed by atoms with Gasteiger partial charge in [-0.25, -0.2) is 9.97 Å². The van der Waals surface area contributed by atoms with Crippen LogP contribution in [0, 0.1) is 0 Å². The molecule has 2 aromatic rings. The van der Waals surface area contributed by atoms with E-state index in [0.717, 1.165) is 22.3 Å². The van der Waals surface area contributed by atoms with Crippen molar-refractivity contribution in [3.8, 4) is 10.7 Å². The lowest BCUT2D eigenvalue weighted by Gasteiger charge is -1.90. The predicted octanol–water partition coefficient (Wildman–Crippen LogP) is 0.715. The molecule has 2 rings (SSSR count). The van der Waals surface area contributed by atoms with Gasteiger partial charge < -0.3 is 5.32 Å². The fraction of sp³-hybridized carbons (Fsp3) is 0.250. The Morgan fingerprint density at radius 1 is 1.43 bits per heavy atom. The molecule has 0 saturated carbocycles. The summed E-state index contributed by atoms with van der Waals surface area (Å²) in [5, 5.41) is 12.9. The van der Waals surface area contributed by atoms with Crippen LogP contribution < -0.4 is 5.32 Å². The van der Waals surface area contributed by atoms with Gasteiger partial charge >= 0.3 is 0 Å². The van der Waals surface area contributed by atoms with Crippen molar-refractivity contribution in [2.24, 2.45) is 0 Å². The Labute approximate surface area is 85.3 Å². The first-order valence-electron chi connectivity index (χ1n) is 4.13. The van der Waals surface area contributed by atoms with Gasteiger partial charge in [-0.3, -0.25) is 0 Å². The molecular formula is C8H9N5S. The zero-order valence-corrected chi connectivity index (χ0v) is 8.45. The molecule has 2 heterocycles. The molecule has 0 saturated heterocycles. The quantitative estimate of drug-likeness (QED) is 0.803. The van der Waals surface area contributed by atoms with E-state index >= 15 is 0 Å². The van der Waals surface area contributed by atoms with Gasteiger partial charge in [-0.2, -0.15) is 0 Å². The summed E-state index contributed by atoms with van der Waals surface area (Å²) in [7, 11) is 1.88. The summed E-state index contributed by atoms with van der Waals surface area (Å²) >= 11 is 1.54. The summed E-state index contributed by atoms with van der Waals surface area (Å²) in [6.45, 7) is 0.739. The molecule has 0 aromatic carbocycles. The molecule has 0 aliphatic rings. The first-order chi connectivity index (χ1) is 6.90. The molecule has 0 atom stereocenters. The second-order valence-electron chi connectivity index (χ2n) is 2.63. The van der Waals surface area contributed by atoms with Crippen LogP contribution >= 0.6 is 11.3 Å². The zero-order chi connectivity index (χ0) is 9.80. The fourth-order valence-electron chi connectivity index (χ4n) is 0.997. The molecule has 0 aliphatic heterocycles. The second-order valence-corrected chi connectivity index (χ2v) is 3.69. The maximum atomic E-state index is 4.10. The van der Waals surface area contributed by atoms with Gasteiger partial charge in [0.15, 0.2) is 5.01 Å². The SMILES string of the molecule is CNCc1nnc(-c2ccncn2)s1. The molecule has 14 heavy (non-hydrogen) atoms. The summed E-state index contributed by atoms with van der Waals surface area (Å²) in [4.78, 5) is 7.95. The molecular weight excluding hydrogens is 198 g/mol. The highest BCUT2D eigenvalue weighted by Gasteiger charge is 2.05. The smallest absolute Gasteiger partial charge is 0.166 e. The van der Waals surface area contributed by atoms with Gasteiger partial charge in [0.1, 0.15) is 17.0 Å². The molecule has 0 fully saturated rings. The highest BCUT2D eigenvalue weighted by molar-refractivity contribution is 7.14. The standard InChI is InChI=1S/C8H9N5S/c1-9-4-7-12-13-8(14-7)6-2-3-10-5-11-6/h2-3,5,9H,4H2,1H3. The number of hydrogen-bond acceptors (Lipinski definition) is 6. The molecule has 0 radical (unpaired) electrons. The second kappa shape index (κ2) is 4.21. The third kappa shape index (κ3) is 1.91. The van der Waals surface area contributed by atoms with Gasteiger partial charge in [0.05, 0.1) is 0 Å². The van der Waals surface area contributed by atoms with Crippen molar-refractivity contribution in [2.45, 2.75) is 6.54 Å². The maximum absolute atomic E-state index is 4.10. The predicted molar refractivity (Wildman–Crippen MR) is 53.7 cm³/mol. The summed E-state index contributed by atoms with van der Waals surface area (Å²) in [6.07, 6.45) is 3.20. The third-order valence-electron chi connectivity index (χ3n) is 1.60. The summed E-state index contributed by atoms with van der Waals surface area (Å²) in [5.41, 5.74) is 0.819. The lowest BCUT2D eigenvalue weighted by Crippen LogP contribution is -2.04. The third-order valence-corrected chi connectivity index (χ3v) is 2.54. The van der Waals surface area contributed by atoms with E-state index in [1.165, 1.54) is 17.7 Å². The van der Waals surface area contributed by atoms with Crippen LogP contribution in [-0.4, -0.2) is 27.2 Å². The molecule has 0 aliphatic carbocycles. The molecule has 0 spiro atoms. The first kappa shape index (κ1) is 9.17. The minimum Gasteiger partial charge on any atom is -0.313 e. The topological polar surface area (TPSA) is 63.6 Å². The van der Waals surface area contributed by atoms with Gasteiger partial charge in [0, 0.05) is 12.7 Å². The molecule has 5 nitrogen and oxygen atoms in total. The fourth-order valence-corrected chi connectivity index (χ4v) is 1.83. The monoisotopic (exact) mass is 207 g/mol.